The van der Waals surface area contributed by atoms with Crippen LogP contribution in [-0.2, 0) is 13.5 Å². The summed E-state index contributed by atoms with van der Waals surface area (Å²) in [5.74, 6) is 0. The Labute approximate surface area is 108 Å². The molecule has 0 nitrogen and oxygen atoms in total. The largest absolute Gasteiger partial charge is 0.358 e. The van der Waals surface area contributed by atoms with E-state index in [0.717, 1.165) is 6.42 Å². The van der Waals surface area contributed by atoms with E-state index < -0.39 is 0 Å². The van der Waals surface area contributed by atoms with Gasteiger partial charge in [-0.05, 0) is 0 Å². The molecule has 0 radical (unpaired) electrons. The number of hydrogen-bond acceptors (Lipinski definition) is 0. The van der Waals surface area contributed by atoms with Crippen molar-refractivity contribution >= 4 is 27.1 Å². The Bertz CT molecular complexity index is 80.9. The molecule has 0 bridgehead atoms. The van der Waals surface area contributed by atoms with Gasteiger partial charge < -0.3 is 37.1 Å². The molecule has 0 atom stereocenters. The molecule has 0 aromatic rings. The third-order valence-electron chi connectivity index (χ3n) is 0.586. The summed E-state index contributed by atoms with van der Waals surface area (Å²) in [6, 6.07) is 0. The Kier molecular flexibility index (Phi) is 108. The summed E-state index contributed by atoms with van der Waals surface area (Å²) in [6.07, 6.45) is 10.0. The number of allylic oxidation sites excluding steroid dienone is 4. The van der Waals surface area contributed by atoms with E-state index in [2.05, 4.69) is 39.3 Å². The van der Waals surface area contributed by atoms with E-state index in [0.29, 0.717) is 0 Å². The summed E-state index contributed by atoms with van der Waals surface area (Å²) in [5, 5.41) is 0. The van der Waals surface area contributed by atoms with Crippen molar-refractivity contribution in [3.8, 4) is 0 Å². The number of hydrogen-bond donors (Lipinski definition) is 0. The SMILES string of the molecule is [Br][Os][Br].[C-]1=CC=CC1.[CH3-].[CH3-].[CH3-].[CH3-].[CH3-]. The fourth-order valence-corrected chi connectivity index (χ4v) is 0.340. The van der Waals surface area contributed by atoms with Gasteiger partial charge in [0.2, 0.25) is 0 Å². The minimum absolute atomic E-state index is 0. The third-order valence-corrected chi connectivity index (χ3v) is 0.586. The molecule has 0 N–H and O–H groups in total. The number of halogens is 2. The monoisotopic (exact) mass is 490 g/mol. The Balaban J connectivity index is -0.0000000144. The van der Waals surface area contributed by atoms with Gasteiger partial charge in [0.05, 0.1) is 0 Å². The van der Waals surface area contributed by atoms with E-state index in [4.69, 9.17) is 0 Å². The second-order valence-corrected chi connectivity index (χ2v) is 12.2. The summed E-state index contributed by atoms with van der Waals surface area (Å²) >= 11 is 6.44. The molecule has 0 saturated heterocycles. The van der Waals surface area contributed by atoms with Crippen LogP contribution in [-0.4, -0.2) is 0 Å². The normalized spacial score (nSPS) is 8.46. The van der Waals surface area contributed by atoms with Crippen LogP contribution in [0.5, 0.6) is 0 Å². The molecule has 0 aromatic heterocycles. The molecule has 3 heteroatoms. The van der Waals surface area contributed by atoms with Crippen molar-refractivity contribution in [1.29, 1.82) is 0 Å². The molecule has 0 fully saturated rings. The molecule has 0 aromatic carbocycles. The molecule has 0 unspecified atom stereocenters. The van der Waals surface area contributed by atoms with Crippen LogP contribution in [0, 0.1) is 43.2 Å². The standard InChI is InChI=1S/C5H5.5CH3.2BrH.Os/c1-2-4-5-3-1;;;;;;;;/h1-3H,4H2;5*1H3;2*1H;/q6*-1;;;+2/p-2. The maximum absolute atomic E-state index is 3.20. The van der Waals surface area contributed by atoms with E-state index in [9.17, 15) is 0 Å². The van der Waals surface area contributed by atoms with Crippen molar-refractivity contribution in [2.45, 2.75) is 6.42 Å². The maximum Gasteiger partial charge on any atom is -0.109 e. The molecule has 0 heterocycles. The molecular formula is C10H20Br2Os-6. The van der Waals surface area contributed by atoms with Crippen LogP contribution in [0.25, 0.3) is 0 Å². The van der Waals surface area contributed by atoms with Crippen molar-refractivity contribution in [1.82, 2.24) is 0 Å². The van der Waals surface area contributed by atoms with Gasteiger partial charge in [-0.3, -0.25) is 6.08 Å². The first-order valence-electron chi connectivity index (χ1n) is 1.98. The molecule has 0 spiro atoms. The molecule has 0 amide bonds. The Morgan fingerprint density at radius 3 is 1.46 bits per heavy atom. The Hall–Kier alpha value is 1.08. The average molecular weight is 490 g/mol. The van der Waals surface area contributed by atoms with Gasteiger partial charge in [0.1, 0.15) is 0 Å². The first kappa shape index (κ1) is 36.9. The summed E-state index contributed by atoms with van der Waals surface area (Å²) in [6.45, 7) is 0. The van der Waals surface area contributed by atoms with Gasteiger partial charge >= 0.3 is 40.6 Å². The second kappa shape index (κ2) is 38.1. The van der Waals surface area contributed by atoms with Crippen LogP contribution in [0.4, 0.5) is 0 Å². The van der Waals surface area contributed by atoms with E-state index in [1.54, 1.807) is 0 Å². The predicted octanol–water partition coefficient (Wildman–Crippen LogP) is 5.25. The van der Waals surface area contributed by atoms with Crippen molar-refractivity contribution in [2.24, 2.45) is 0 Å². The molecule has 1 aliphatic rings. The second-order valence-electron chi connectivity index (χ2n) is 1.05. The van der Waals surface area contributed by atoms with Crippen LogP contribution in [0.1, 0.15) is 6.42 Å². The molecule has 0 saturated carbocycles. The molecule has 1 rings (SSSR count). The first-order valence-corrected chi connectivity index (χ1v) is 13.1. The van der Waals surface area contributed by atoms with E-state index >= 15 is 0 Å². The van der Waals surface area contributed by atoms with Crippen LogP contribution >= 0.6 is 27.1 Å². The van der Waals surface area contributed by atoms with Gasteiger partial charge in [0, 0.05) is 0 Å². The van der Waals surface area contributed by atoms with Crippen LogP contribution in [0.3, 0.4) is 0 Å². The molecule has 88 valence electrons. The van der Waals surface area contributed by atoms with Gasteiger partial charge in [0.15, 0.2) is 0 Å². The summed E-state index contributed by atoms with van der Waals surface area (Å²) in [4.78, 5) is 0. The zero-order valence-corrected chi connectivity index (χ0v) is 14.8. The topological polar surface area (TPSA) is 0 Å². The van der Waals surface area contributed by atoms with E-state index in [1.165, 1.54) is 0 Å². The zero-order chi connectivity index (χ0) is 6.24. The predicted molar refractivity (Wildman–Crippen MR) is 71.5 cm³/mol. The van der Waals surface area contributed by atoms with Gasteiger partial charge in [-0.1, -0.05) is 0 Å². The fourth-order valence-electron chi connectivity index (χ4n) is 0.340. The summed E-state index contributed by atoms with van der Waals surface area (Å²) < 4.78 is 0. The van der Waals surface area contributed by atoms with Crippen LogP contribution < -0.4 is 0 Å². The van der Waals surface area contributed by atoms with Gasteiger partial charge in [0.25, 0.3) is 0 Å². The van der Waals surface area contributed by atoms with Gasteiger partial charge in [-0.2, -0.15) is 6.08 Å². The van der Waals surface area contributed by atoms with E-state index in [-0.39, 0.29) is 50.6 Å². The smallest absolute Gasteiger partial charge is 0.109 e. The van der Waals surface area contributed by atoms with Crippen LogP contribution in [0.2, 0.25) is 0 Å². The Morgan fingerprint density at radius 2 is 1.38 bits per heavy atom. The van der Waals surface area contributed by atoms with Crippen LogP contribution in [0.15, 0.2) is 18.2 Å². The molecule has 0 aliphatic heterocycles. The van der Waals surface area contributed by atoms with Crippen molar-refractivity contribution in [3.05, 3.63) is 61.4 Å². The van der Waals surface area contributed by atoms with Crippen molar-refractivity contribution < 1.29 is 13.5 Å². The first-order chi connectivity index (χ1) is 3.91. The average Bonchev–Trinajstić information content (AvgIpc) is 2.17. The third kappa shape index (κ3) is 43.5. The minimum Gasteiger partial charge on any atom is -0.358 e. The van der Waals surface area contributed by atoms with Crippen molar-refractivity contribution in [2.75, 3.05) is 0 Å². The summed E-state index contributed by atoms with van der Waals surface area (Å²) in [5.41, 5.74) is 0. The van der Waals surface area contributed by atoms with Crippen molar-refractivity contribution in [3.63, 3.8) is 0 Å². The van der Waals surface area contributed by atoms with E-state index in [1.807, 2.05) is 12.2 Å². The molecule has 13 heavy (non-hydrogen) atoms. The number of rotatable bonds is 0. The quantitative estimate of drug-likeness (QED) is 0.408. The molecule has 1 aliphatic carbocycles. The van der Waals surface area contributed by atoms with Gasteiger partial charge in [-0.25, -0.2) is 12.2 Å². The molecular weight excluding hydrogens is 470 g/mol. The minimum atomic E-state index is 0. The Morgan fingerprint density at radius 1 is 1.00 bits per heavy atom. The fraction of sp³-hybridized carbons (Fsp3) is 0.100. The maximum atomic E-state index is 3.20. The van der Waals surface area contributed by atoms with Gasteiger partial charge in [-0.15, -0.1) is 6.42 Å². The zero-order valence-electron chi connectivity index (χ0n) is 9.05. The summed E-state index contributed by atoms with van der Waals surface area (Å²) in [7, 11) is 0.